The van der Waals surface area contributed by atoms with Crippen molar-refractivity contribution in [2.75, 3.05) is 6.54 Å². The third kappa shape index (κ3) is 2.18. The van der Waals surface area contributed by atoms with Crippen LogP contribution in [0.2, 0.25) is 0 Å². The Hall–Kier alpha value is -0.770. The fourth-order valence-electron chi connectivity index (χ4n) is 2.35. The van der Waals surface area contributed by atoms with E-state index in [4.69, 9.17) is 10.8 Å². The van der Waals surface area contributed by atoms with Crippen molar-refractivity contribution in [1.29, 1.82) is 0 Å². The molecule has 3 N–H and O–H groups in total. The van der Waals surface area contributed by atoms with Crippen LogP contribution in [-0.4, -0.2) is 34.7 Å². The normalized spacial score (nSPS) is 29.0. The Bertz CT molecular complexity index is 223. The van der Waals surface area contributed by atoms with Gasteiger partial charge < -0.3 is 15.7 Å². The summed E-state index contributed by atoms with van der Waals surface area (Å²) in [5, 5.41) is 9.06. The summed E-state index contributed by atoms with van der Waals surface area (Å²) in [5.74, 6) is 0. The average molecular weight is 200 g/mol. The summed E-state index contributed by atoms with van der Waals surface area (Å²) in [6.07, 6.45) is 0.950. The van der Waals surface area contributed by atoms with Gasteiger partial charge in [-0.1, -0.05) is 20.8 Å². The zero-order chi connectivity index (χ0) is 10.9. The first-order chi connectivity index (χ1) is 6.34. The number of hydrogen-bond acceptors (Lipinski definition) is 2. The van der Waals surface area contributed by atoms with Gasteiger partial charge in [-0.15, -0.1) is 0 Å². The molecule has 0 aliphatic carbocycles. The van der Waals surface area contributed by atoms with Crippen molar-refractivity contribution in [3.63, 3.8) is 0 Å². The summed E-state index contributed by atoms with van der Waals surface area (Å²) in [6, 6.07) is -0.0893. The van der Waals surface area contributed by atoms with Crippen molar-refractivity contribution in [3.05, 3.63) is 0 Å². The molecule has 0 spiro atoms. The molecule has 1 aliphatic rings. The first-order valence-electron chi connectivity index (χ1n) is 5.09. The van der Waals surface area contributed by atoms with Gasteiger partial charge in [0.25, 0.3) is 0 Å². The monoisotopic (exact) mass is 200 g/mol. The minimum atomic E-state index is -0.847. The Morgan fingerprint density at radius 2 is 2.07 bits per heavy atom. The Balaban J connectivity index is 2.87. The Morgan fingerprint density at radius 1 is 1.50 bits per heavy atom. The molecular weight excluding hydrogens is 180 g/mol. The van der Waals surface area contributed by atoms with E-state index < -0.39 is 6.09 Å². The van der Waals surface area contributed by atoms with Gasteiger partial charge >= 0.3 is 6.09 Å². The number of piperidine rings is 1. The molecule has 0 radical (unpaired) electrons. The van der Waals surface area contributed by atoms with Gasteiger partial charge in [-0.25, -0.2) is 4.79 Å². The standard InChI is InChI=1S/C10H20N2O2/c1-10(2,3)8-7(11)5-4-6-12(8)9(13)14/h7-8H,4-6,11H2,1-3H3,(H,13,14)/t7-,8?/m0/s1. The van der Waals surface area contributed by atoms with Gasteiger partial charge in [0.1, 0.15) is 0 Å². The Morgan fingerprint density at radius 3 is 2.43 bits per heavy atom. The lowest BCUT2D eigenvalue weighted by atomic mass is 9.78. The second kappa shape index (κ2) is 3.77. The highest BCUT2D eigenvalue weighted by Gasteiger charge is 2.39. The van der Waals surface area contributed by atoms with Crippen LogP contribution in [-0.2, 0) is 0 Å². The molecule has 1 fully saturated rings. The van der Waals surface area contributed by atoms with E-state index in [1.165, 1.54) is 4.90 Å². The topological polar surface area (TPSA) is 66.6 Å². The molecule has 0 aromatic carbocycles. The van der Waals surface area contributed by atoms with Crippen molar-refractivity contribution >= 4 is 6.09 Å². The number of hydrogen-bond donors (Lipinski definition) is 2. The highest BCUT2D eigenvalue weighted by molar-refractivity contribution is 5.65. The molecule has 1 rings (SSSR count). The van der Waals surface area contributed by atoms with E-state index in [0.29, 0.717) is 6.54 Å². The first-order valence-corrected chi connectivity index (χ1v) is 5.09. The maximum absolute atomic E-state index is 11.0. The zero-order valence-corrected chi connectivity index (χ0v) is 9.16. The second-order valence-electron chi connectivity index (χ2n) is 5.09. The van der Waals surface area contributed by atoms with Crippen molar-refractivity contribution in [3.8, 4) is 0 Å². The van der Waals surface area contributed by atoms with Crippen LogP contribution in [0.25, 0.3) is 0 Å². The van der Waals surface area contributed by atoms with Crippen LogP contribution in [0.5, 0.6) is 0 Å². The molecule has 1 amide bonds. The minimum Gasteiger partial charge on any atom is -0.465 e. The van der Waals surface area contributed by atoms with Crippen molar-refractivity contribution < 1.29 is 9.90 Å². The van der Waals surface area contributed by atoms with Crippen LogP contribution < -0.4 is 5.73 Å². The van der Waals surface area contributed by atoms with Crippen LogP contribution in [0, 0.1) is 5.41 Å². The summed E-state index contributed by atoms with van der Waals surface area (Å²) in [7, 11) is 0. The number of nitrogens with zero attached hydrogens (tertiary/aromatic N) is 1. The fraction of sp³-hybridized carbons (Fsp3) is 0.900. The van der Waals surface area contributed by atoms with E-state index in [2.05, 4.69) is 0 Å². The molecule has 0 aromatic heterocycles. The molecular formula is C10H20N2O2. The highest BCUT2D eigenvalue weighted by Crippen LogP contribution is 2.31. The largest absolute Gasteiger partial charge is 0.465 e. The molecule has 1 aliphatic heterocycles. The molecule has 4 heteroatoms. The van der Waals surface area contributed by atoms with Crippen LogP contribution in [0.1, 0.15) is 33.6 Å². The third-order valence-electron chi connectivity index (χ3n) is 2.81. The number of rotatable bonds is 0. The highest BCUT2D eigenvalue weighted by atomic mass is 16.4. The predicted molar refractivity (Wildman–Crippen MR) is 55.2 cm³/mol. The van der Waals surface area contributed by atoms with Crippen molar-refractivity contribution in [2.45, 2.75) is 45.7 Å². The minimum absolute atomic E-state index is 0.0279. The van der Waals surface area contributed by atoms with Crippen LogP contribution in [0.15, 0.2) is 0 Å². The number of carboxylic acid groups (broad SMARTS) is 1. The molecule has 0 bridgehead atoms. The van der Waals surface area contributed by atoms with E-state index in [1.54, 1.807) is 0 Å². The molecule has 0 aromatic rings. The third-order valence-corrected chi connectivity index (χ3v) is 2.81. The first kappa shape index (κ1) is 11.3. The molecule has 4 nitrogen and oxygen atoms in total. The molecule has 1 saturated heterocycles. The number of nitrogens with two attached hydrogens (primary N) is 1. The van der Waals surface area contributed by atoms with Gasteiger partial charge in [0.2, 0.25) is 0 Å². The molecule has 82 valence electrons. The number of likely N-dealkylation sites (tertiary alicyclic amines) is 1. The average Bonchev–Trinajstić information content (AvgIpc) is 2.01. The van der Waals surface area contributed by atoms with Gasteiger partial charge in [0.15, 0.2) is 0 Å². The fourth-order valence-corrected chi connectivity index (χ4v) is 2.35. The lowest BCUT2D eigenvalue weighted by molar-refractivity contribution is 0.0474. The van der Waals surface area contributed by atoms with Crippen LogP contribution in [0.3, 0.4) is 0 Å². The summed E-state index contributed by atoms with van der Waals surface area (Å²) in [5.41, 5.74) is 5.90. The van der Waals surface area contributed by atoms with E-state index in [1.807, 2.05) is 20.8 Å². The maximum atomic E-state index is 11.0. The Labute approximate surface area is 85.1 Å². The zero-order valence-electron chi connectivity index (χ0n) is 9.16. The van der Waals surface area contributed by atoms with Crippen molar-refractivity contribution in [1.82, 2.24) is 4.90 Å². The summed E-state index contributed by atoms with van der Waals surface area (Å²) in [6.45, 7) is 6.74. The maximum Gasteiger partial charge on any atom is 0.407 e. The molecule has 1 unspecified atom stereocenters. The molecule has 1 heterocycles. The molecule has 14 heavy (non-hydrogen) atoms. The number of amides is 1. The van der Waals surface area contributed by atoms with Gasteiger partial charge in [0.05, 0.1) is 6.04 Å². The second-order valence-corrected chi connectivity index (χ2v) is 5.09. The lowest BCUT2D eigenvalue weighted by Gasteiger charge is -2.45. The van der Waals surface area contributed by atoms with Gasteiger partial charge in [-0.2, -0.15) is 0 Å². The molecule has 2 atom stereocenters. The lowest BCUT2D eigenvalue weighted by Crippen LogP contribution is -2.59. The smallest absolute Gasteiger partial charge is 0.407 e. The predicted octanol–water partition coefficient (Wildman–Crippen LogP) is 1.50. The Kier molecular flexibility index (Phi) is 3.04. The van der Waals surface area contributed by atoms with Crippen molar-refractivity contribution in [2.24, 2.45) is 11.1 Å². The van der Waals surface area contributed by atoms with Crippen LogP contribution in [0.4, 0.5) is 4.79 Å². The van der Waals surface area contributed by atoms with Crippen LogP contribution >= 0.6 is 0 Å². The van der Waals surface area contributed by atoms with E-state index >= 15 is 0 Å². The van der Waals surface area contributed by atoms with Gasteiger partial charge in [0, 0.05) is 12.6 Å². The summed E-state index contributed by atoms with van der Waals surface area (Å²) >= 11 is 0. The molecule has 0 saturated carbocycles. The summed E-state index contributed by atoms with van der Waals surface area (Å²) in [4.78, 5) is 12.5. The van der Waals surface area contributed by atoms with E-state index in [0.717, 1.165) is 12.8 Å². The van der Waals surface area contributed by atoms with E-state index in [-0.39, 0.29) is 17.5 Å². The van der Waals surface area contributed by atoms with Gasteiger partial charge in [-0.3, -0.25) is 0 Å². The summed E-state index contributed by atoms with van der Waals surface area (Å²) < 4.78 is 0. The quantitative estimate of drug-likeness (QED) is 0.622. The number of carbonyl (C=O) groups is 1. The SMILES string of the molecule is CC(C)(C)C1[C@@H](N)CCCN1C(=O)O. The van der Waals surface area contributed by atoms with E-state index in [9.17, 15) is 4.79 Å². The van der Waals surface area contributed by atoms with Gasteiger partial charge in [-0.05, 0) is 18.3 Å².